The monoisotopic (exact) mass is 327 g/mol. The number of rotatable bonds is 3. The minimum absolute atomic E-state index is 0.0709. The lowest BCUT2D eigenvalue weighted by Gasteiger charge is -2.27. The molecule has 1 N–H and O–H groups in total. The maximum atomic E-state index is 6.16. The fraction of sp³-hybridized carbons (Fsp3) is 0.130. The molecule has 1 aliphatic heterocycles. The average Bonchev–Trinajstić information content (AvgIpc) is 2.64. The summed E-state index contributed by atoms with van der Waals surface area (Å²) in [4.78, 5) is 0. The van der Waals surface area contributed by atoms with E-state index in [0.29, 0.717) is 0 Å². The van der Waals surface area contributed by atoms with Gasteiger partial charge in [0, 0.05) is 16.8 Å². The van der Waals surface area contributed by atoms with E-state index < -0.39 is 0 Å². The first-order chi connectivity index (χ1) is 12.2. The minimum Gasteiger partial charge on any atom is -0.457 e. The molecule has 2 heteroatoms. The van der Waals surface area contributed by atoms with Crippen LogP contribution in [0.4, 0.5) is 5.69 Å². The van der Waals surface area contributed by atoms with Crippen molar-refractivity contribution >= 4 is 11.4 Å². The summed E-state index contributed by atoms with van der Waals surface area (Å²) in [6.07, 6.45) is 2.16. The molecule has 1 heterocycles. The van der Waals surface area contributed by atoms with E-state index >= 15 is 0 Å². The van der Waals surface area contributed by atoms with Crippen LogP contribution in [0.5, 0.6) is 5.75 Å². The highest BCUT2D eigenvalue weighted by Gasteiger charge is 2.22. The van der Waals surface area contributed by atoms with E-state index in [1.165, 1.54) is 11.1 Å². The highest BCUT2D eigenvalue weighted by Crippen LogP contribution is 2.38. The number of benzene rings is 3. The van der Waals surface area contributed by atoms with Crippen LogP contribution in [0.25, 0.3) is 5.76 Å². The first-order valence-corrected chi connectivity index (χ1v) is 8.58. The number of para-hydroxylation sites is 1. The molecule has 1 unspecified atom stereocenters. The zero-order chi connectivity index (χ0) is 17.2. The van der Waals surface area contributed by atoms with Crippen molar-refractivity contribution < 1.29 is 4.74 Å². The summed E-state index contributed by atoms with van der Waals surface area (Å²) >= 11 is 0. The molecule has 0 fully saturated rings. The summed E-state index contributed by atoms with van der Waals surface area (Å²) in [6.45, 7) is 4.26. The molecule has 1 aliphatic rings. The maximum absolute atomic E-state index is 6.16. The van der Waals surface area contributed by atoms with E-state index in [1.54, 1.807) is 0 Å². The van der Waals surface area contributed by atoms with Gasteiger partial charge in [0.15, 0.2) is 0 Å². The molecular weight excluding hydrogens is 306 g/mol. The fourth-order valence-corrected chi connectivity index (χ4v) is 3.24. The van der Waals surface area contributed by atoms with Gasteiger partial charge in [0.25, 0.3) is 0 Å². The van der Waals surface area contributed by atoms with Crippen molar-refractivity contribution in [3.05, 3.63) is 101 Å². The van der Waals surface area contributed by atoms with Gasteiger partial charge in [-0.15, -0.1) is 0 Å². The predicted octanol–water partition coefficient (Wildman–Crippen LogP) is 5.89. The molecule has 124 valence electrons. The quantitative estimate of drug-likeness (QED) is 0.647. The number of ether oxygens (including phenoxy) is 1. The largest absolute Gasteiger partial charge is 0.457 e. The van der Waals surface area contributed by atoms with Crippen molar-refractivity contribution in [2.75, 3.05) is 5.32 Å². The van der Waals surface area contributed by atoms with Gasteiger partial charge in [-0.2, -0.15) is 0 Å². The van der Waals surface area contributed by atoms with Crippen LogP contribution < -0.4 is 10.1 Å². The van der Waals surface area contributed by atoms with Gasteiger partial charge >= 0.3 is 0 Å². The number of hydrogen-bond donors (Lipinski definition) is 1. The van der Waals surface area contributed by atoms with Gasteiger partial charge in [-0.1, -0.05) is 66.2 Å². The Kier molecular flexibility index (Phi) is 4.02. The molecule has 0 radical (unpaired) electrons. The highest BCUT2D eigenvalue weighted by atomic mass is 16.5. The molecular formula is C23H21NO. The molecule has 25 heavy (non-hydrogen) atoms. The number of fused-ring (bicyclic) bond motifs is 1. The Morgan fingerprint density at radius 2 is 1.60 bits per heavy atom. The normalized spacial score (nSPS) is 15.8. The molecule has 4 rings (SSSR count). The van der Waals surface area contributed by atoms with Gasteiger partial charge in [-0.25, -0.2) is 0 Å². The first-order valence-electron chi connectivity index (χ1n) is 8.58. The van der Waals surface area contributed by atoms with Crippen molar-refractivity contribution in [2.45, 2.75) is 19.9 Å². The van der Waals surface area contributed by atoms with Gasteiger partial charge in [0.05, 0.1) is 6.04 Å². The molecule has 3 aromatic rings. The van der Waals surface area contributed by atoms with Gasteiger partial charge in [-0.3, -0.25) is 0 Å². The maximum Gasteiger partial charge on any atom is 0.133 e. The van der Waals surface area contributed by atoms with Crippen molar-refractivity contribution in [1.82, 2.24) is 0 Å². The average molecular weight is 327 g/mol. The van der Waals surface area contributed by atoms with E-state index in [0.717, 1.165) is 28.3 Å². The lowest BCUT2D eigenvalue weighted by molar-refractivity contribution is 0.491. The molecule has 0 amide bonds. The number of hydrogen-bond acceptors (Lipinski definition) is 2. The van der Waals surface area contributed by atoms with Crippen LogP contribution in [-0.4, -0.2) is 0 Å². The van der Waals surface area contributed by atoms with E-state index in [-0.39, 0.29) is 6.04 Å². The second-order valence-electron chi connectivity index (χ2n) is 6.48. The van der Waals surface area contributed by atoms with Crippen LogP contribution >= 0.6 is 0 Å². The summed E-state index contributed by atoms with van der Waals surface area (Å²) < 4.78 is 6.16. The molecule has 1 atom stereocenters. The summed E-state index contributed by atoms with van der Waals surface area (Å²) in [6, 6.07) is 25.0. The second-order valence-corrected chi connectivity index (χ2v) is 6.48. The zero-order valence-corrected chi connectivity index (χ0v) is 14.5. The minimum atomic E-state index is 0.0709. The van der Waals surface area contributed by atoms with Gasteiger partial charge in [0.1, 0.15) is 11.5 Å². The zero-order valence-electron chi connectivity index (χ0n) is 14.5. The van der Waals surface area contributed by atoms with Crippen LogP contribution in [0, 0.1) is 13.8 Å². The van der Waals surface area contributed by atoms with Crippen LogP contribution in [0.15, 0.2) is 78.9 Å². The number of aryl methyl sites for hydroxylation is 2. The van der Waals surface area contributed by atoms with Gasteiger partial charge in [-0.05, 0) is 37.6 Å². The smallest absolute Gasteiger partial charge is 0.133 e. The Labute approximate surface area is 148 Å². The summed E-state index contributed by atoms with van der Waals surface area (Å²) in [5.74, 6) is 1.80. The lowest BCUT2D eigenvalue weighted by atomic mass is 9.99. The molecule has 0 spiro atoms. The fourth-order valence-electron chi connectivity index (χ4n) is 3.24. The lowest BCUT2D eigenvalue weighted by Crippen LogP contribution is -2.16. The van der Waals surface area contributed by atoms with Crippen LogP contribution in [0.1, 0.15) is 28.3 Å². The van der Waals surface area contributed by atoms with Crippen molar-refractivity contribution in [1.29, 1.82) is 0 Å². The molecule has 0 bridgehead atoms. The molecule has 2 nitrogen and oxygen atoms in total. The number of anilines is 1. The standard InChI is InChI=1S/C23H21NO/c1-16-12-13-20(17(2)14-16)24-21-15-23(18-8-4-3-5-9-18)25-22-11-7-6-10-19(21)22/h3-15,21,24H,1-2H3. The Morgan fingerprint density at radius 3 is 2.40 bits per heavy atom. The van der Waals surface area contributed by atoms with E-state index in [9.17, 15) is 0 Å². The van der Waals surface area contributed by atoms with Crippen LogP contribution in [0.3, 0.4) is 0 Å². The molecule has 0 saturated carbocycles. The molecule has 3 aromatic carbocycles. The first kappa shape index (κ1) is 15.5. The van der Waals surface area contributed by atoms with E-state index in [1.807, 2.05) is 30.3 Å². The Hall–Kier alpha value is -3.00. The topological polar surface area (TPSA) is 21.3 Å². The third-order valence-corrected chi connectivity index (χ3v) is 4.54. The van der Waals surface area contributed by atoms with E-state index in [4.69, 9.17) is 4.74 Å². The molecule has 0 aromatic heterocycles. The highest BCUT2D eigenvalue weighted by molar-refractivity contribution is 5.68. The SMILES string of the molecule is Cc1ccc(NC2C=C(c3ccccc3)Oc3ccccc32)c(C)c1. The van der Waals surface area contributed by atoms with Crippen LogP contribution in [-0.2, 0) is 0 Å². The summed E-state index contributed by atoms with van der Waals surface area (Å²) in [5, 5.41) is 3.68. The van der Waals surface area contributed by atoms with Crippen molar-refractivity contribution in [2.24, 2.45) is 0 Å². The van der Waals surface area contributed by atoms with Gasteiger partial charge in [0.2, 0.25) is 0 Å². The summed E-state index contributed by atoms with van der Waals surface area (Å²) in [5.41, 5.74) is 5.91. The van der Waals surface area contributed by atoms with Crippen molar-refractivity contribution in [3.63, 3.8) is 0 Å². The Balaban J connectivity index is 1.74. The van der Waals surface area contributed by atoms with Crippen LogP contribution in [0.2, 0.25) is 0 Å². The summed E-state index contributed by atoms with van der Waals surface area (Å²) in [7, 11) is 0. The third-order valence-electron chi connectivity index (χ3n) is 4.54. The molecule has 0 saturated heterocycles. The van der Waals surface area contributed by atoms with Crippen molar-refractivity contribution in [3.8, 4) is 5.75 Å². The Bertz CT molecular complexity index is 928. The third kappa shape index (κ3) is 3.16. The second kappa shape index (κ2) is 6.48. The Morgan fingerprint density at radius 1 is 0.840 bits per heavy atom. The van der Waals surface area contributed by atoms with E-state index in [2.05, 4.69) is 67.7 Å². The van der Waals surface area contributed by atoms with Gasteiger partial charge < -0.3 is 10.1 Å². The molecule has 0 aliphatic carbocycles. The predicted molar refractivity (Wildman–Crippen MR) is 104 cm³/mol. The number of nitrogens with one attached hydrogen (secondary N) is 1.